The van der Waals surface area contributed by atoms with Crippen LogP contribution in [0.2, 0.25) is 0 Å². The molecule has 1 saturated heterocycles. The van der Waals surface area contributed by atoms with Gasteiger partial charge in [0.1, 0.15) is 17.5 Å². The van der Waals surface area contributed by atoms with Crippen LogP contribution in [-0.4, -0.2) is 57.3 Å². The Balaban J connectivity index is 1.42. The van der Waals surface area contributed by atoms with Gasteiger partial charge >= 0.3 is 6.01 Å². The fourth-order valence-electron chi connectivity index (χ4n) is 3.49. The minimum Gasteiger partial charge on any atom is -0.497 e. The quantitative estimate of drug-likeness (QED) is 0.675. The summed E-state index contributed by atoms with van der Waals surface area (Å²) in [6, 6.07) is 9.71. The number of benzene rings is 1. The molecule has 0 spiro atoms. The van der Waals surface area contributed by atoms with Gasteiger partial charge in [0, 0.05) is 24.5 Å². The molecule has 0 radical (unpaired) electrons. The zero-order chi connectivity index (χ0) is 20.9. The van der Waals surface area contributed by atoms with Crippen molar-refractivity contribution in [3.8, 4) is 23.0 Å². The van der Waals surface area contributed by atoms with Crippen molar-refractivity contribution < 1.29 is 14.3 Å². The van der Waals surface area contributed by atoms with Gasteiger partial charge in [-0.3, -0.25) is 9.89 Å². The van der Waals surface area contributed by atoms with Crippen molar-refractivity contribution >= 4 is 5.91 Å². The number of H-pyrrole nitrogens is 1. The number of hydrogen-bond donors (Lipinski definition) is 1. The van der Waals surface area contributed by atoms with E-state index >= 15 is 0 Å². The topological polar surface area (TPSA) is 93.2 Å². The lowest BCUT2D eigenvalue weighted by Gasteiger charge is -2.32. The molecule has 1 atom stereocenters. The molecule has 0 aliphatic carbocycles. The van der Waals surface area contributed by atoms with E-state index in [2.05, 4.69) is 27.1 Å². The largest absolute Gasteiger partial charge is 0.497 e. The molecule has 156 valence electrons. The Morgan fingerprint density at radius 2 is 2.10 bits per heavy atom. The molecule has 8 nitrogen and oxygen atoms in total. The smallest absolute Gasteiger partial charge is 0.316 e. The summed E-state index contributed by atoms with van der Waals surface area (Å²) in [7, 11) is 1.62. The van der Waals surface area contributed by atoms with Gasteiger partial charge < -0.3 is 14.4 Å². The van der Waals surface area contributed by atoms with E-state index in [-0.39, 0.29) is 12.0 Å². The number of aromatic amines is 1. The summed E-state index contributed by atoms with van der Waals surface area (Å²) < 4.78 is 11.2. The van der Waals surface area contributed by atoms with Crippen molar-refractivity contribution in [3.63, 3.8) is 0 Å². The van der Waals surface area contributed by atoms with Gasteiger partial charge in [-0.1, -0.05) is 19.1 Å². The zero-order valence-electron chi connectivity index (χ0n) is 17.2. The zero-order valence-corrected chi connectivity index (χ0v) is 17.2. The molecule has 1 aliphatic rings. The standard InChI is InChI=1S/C22H25N5O3/c1-3-15-12-23-22(24-13-15)30-18-8-5-9-27(14-18)21(28)20-11-19(25-26-20)16-6-4-7-17(10-16)29-2/h4,6-7,10-13,18H,3,5,8-9,14H2,1-2H3,(H,25,26). The van der Waals surface area contributed by atoms with Gasteiger partial charge in [-0.15, -0.1) is 0 Å². The highest BCUT2D eigenvalue weighted by Gasteiger charge is 2.27. The number of rotatable bonds is 6. The lowest BCUT2D eigenvalue weighted by atomic mass is 10.1. The van der Waals surface area contributed by atoms with E-state index in [1.807, 2.05) is 24.3 Å². The average molecular weight is 407 g/mol. The number of carbonyl (C=O) groups is 1. The van der Waals surface area contributed by atoms with Gasteiger partial charge in [-0.2, -0.15) is 5.10 Å². The summed E-state index contributed by atoms with van der Waals surface area (Å²) in [4.78, 5) is 23.3. The second kappa shape index (κ2) is 8.94. The van der Waals surface area contributed by atoms with E-state index < -0.39 is 0 Å². The number of aromatic nitrogens is 4. The normalized spacial score (nSPS) is 16.3. The number of piperidine rings is 1. The Morgan fingerprint density at radius 3 is 2.87 bits per heavy atom. The highest BCUT2D eigenvalue weighted by atomic mass is 16.5. The van der Waals surface area contributed by atoms with Crippen LogP contribution in [-0.2, 0) is 6.42 Å². The number of likely N-dealkylation sites (tertiary alicyclic amines) is 1. The summed E-state index contributed by atoms with van der Waals surface area (Å²) in [6.45, 7) is 3.23. The minimum absolute atomic E-state index is 0.0906. The summed E-state index contributed by atoms with van der Waals surface area (Å²) in [6.07, 6.45) is 6.03. The summed E-state index contributed by atoms with van der Waals surface area (Å²) in [5, 5.41) is 7.17. The highest BCUT2D eigenvalue weighted by molar-refractivity contribution is 5.93. The van der Waals surface area contributed by atoms with Crippen LogP contribution in [0.1, 0.15) is 35.8 Å². The van der Waals surface area contributed by atoms with Gasteiger partial charge in [-0.25, -0.2) is 9.97 Å². The Hall–Kier alpha value is -3.42. The fourth-order valence-corrected chi connectivity index (χ4v) is 3.49. The van der Waals surface area contributed by atoms with Crippen molar-refractivity contribution in [1.82, 2.24) is 25.1 Å². The number of carbonyl (C=O) groups excluding carboxylic acids is 1. The molecule has 1 aromatic carbocycles. The van der Waals surface area contributed by atoms with Crippen LogP contribution < -0.4 is 9.47 Å². The Labute approximate surface area is 175 Å². The highest BCUT2D eigenvalue weighted by Crippen LogP contribution is 2.24. The number of aryl methyl sites for hydroxylation is 1. The van der Waals surface area contributed by atoms with Crippen LogP contribution in [0.3, 0.4) is 0 Å². The molecule has 1 fully saturated rings. The fraction of sp³-hybridized carbons (Fsp3) is 0.364. The molecule has 1 amide bonds. The SMILES string of the molecule is CCc1cnc(OC2CCCN(C(=O)c3cc(-c4cccc(OC)c4)n[nH]3)C2)nc1. The van der Waals surface area contributed by atoms with Crippen LogP contribution in [0.15, 0.2) is 42.7 Å². The van der Waals surface area contributed by atoms with Crippen LogP contribution in [0.4, 0.5) is 0 Å². The van der Waals surface area contributed by atoms with Gasteiger partial charge in [-0.05, 0) is 43.0 Å². The van der Waals surface area contributed by atoms with Crippen molar-refractivity contribution in [1.29, 1.82) is 0 Å². The number of ether oxygens (including phenoxy) is 2. The Bertz CT molecular complexity index is 1000. The molecule has 8 heteroatoms. The first-order valence-corrected chi connectivity index (χ1v) is 10.1. The second-order valence-electron chi connectivity index (χ2n) is 7.26. The summed E-state index contributed by atoms with van der Waals surface area (Å²) in [5.74, 6) is 0.654. The van der Waals surface area contributed by atoms with Crippen molar-refractivity contribution in [2.75, 3.05) is 20.2 Å². The molecule has 30 heavy (non-hydrogen) atoms. The third kappa shape index (κ3) is 4.42. The number of nitrogens with one attached hydrogen (secondary N) is 1. The summed E-state index contributed by atoms with van der Waals surface area (Å²) >= 11 is 0. The molecule has 1 aliphatic heterocycles. The first-order valence-electron chi connectivity index (χ1n) is 10.1. The van der Waals surface area contributed by atoms with Crippen LogP contribution in [0, 0.1) is 0 Å². The lowest BCUT2D eigenvalue weighted by molar-refractivity contribution is 0.0510. The average Bonchev–Trinajstić information content (AvgIpc) is 3.30. The van der Waals surface area contributed by atoms with E-state index in [0.717, 1.165) is 36.1 Å². The van der Waals surface area contributed by atoms with E-state index in [9.17, 15) is 4.79 Å². The van der Waals surface area contributed by atoms with E-state index in [0.29, 0.717) is 30.5 Å². The third-order valence-corrected chi connectivity index (χ3v) is 5.20. The van der Waals surface area contributed by atoms with Crippen molar-refractivity contribution in [2.45, 2.75) is 32.3 Å². The predicted molar refractivity (Wildman–Crippen MR) is 112 cm³/mol. The maximum Gasteiger partial charge on any atom is 0.316 e. The predicted octanol–water partition coefficient (Wildman–Crippen LogP) is 3.12. The molecule has 0 saturated carbocycles. The van der Waals surface area contributed by atoms with Gasteiger partial charge in [0.05, 0.1) is 19.3 Å². The Morgan fingerprint density at radius 1 is 1.27 bits per heavy atom. The van der Waals surface area contributed by atoms with Crippen molar-refractivity contribution in [3.05, 3.63) is 54.0 Å². The third-order valence-electron chi connectivity index (χ3n) is 5.20. The molecule has 3 aromatic rings. The molecule has 0 bridgehead atoms. The first-order chi connectivity index (χ1) is 14.7. The molecule has 2 aromatic heterocycles. The minimum atomic E-state index is -0.129. The number of amides is 1. The molecular weight excluding hydrogens is 382 g/mol. The number of methoxy groups -OCH3 is 1. The first kappa shape index (κ1) is 19.9. The van der Waals surface area contributed by atoms with Crippen LogP contribution in [0.25, 0.3) is 11.3 Å². The van der Waals surface area contributed by atoms with E-state index in [1.165, 1.54) is 0 Å². The number of nitrogens with zero attached hydrogens (tertiary/aromatic N) is 4. The number of hydrogen-bond acceptors (Lipinski definition) is 6. The maximum atomic E-state index is 13.0. The van der Waals surface area contributed by atoms with Gasteiger partial charge in [0.15, 0.2) is 0 Å². The van der Waals surface area contributed by atoms with Gasteiger partial charge in [0.25, 0.3) is 5.91 Å². The maximum absolute atomic E-state index is 13.0. The molecular formula is C22H25N5O3. The lowest BCUT2D eigenvalue weighted by Crippen LogP contribution is -2.44. The van der Waals surface area contributed by atoms with Crippen LogP contribution >= 0.6 is 0 Å². The second-order valence-corrected chi connectivity index (χ2v) is 7.26. The van der Waals surface area contributed by atoms with Gasteiger partial charge in [0.2, 0.25) is 0 Å². The summed E-state index contributed by atoms with van der Waals surface area (Å²) in [5.41, 5.74) is 3.11. The van der Waals surface area contributed by atoms with E-state index in [1.54, 1.807) is 30.5 Å². The van der Waals surface area contributed by atoms with Crippen LogP contribution in [0.5, 0.6) is 11.8 Å². The molecule has 3 heterocycles. The Kier molecular flexibility index (Phi) is 5.92. The monoisotopic (exact) mass is 407 g/mol. The van der Waals surface area contributed by atoms with Crippen molar-refractivity contribution in [2.24, 2.45) is 0 Å². The molecule has 1 unspecified atom stereocenters. The molecule has 4 rings (SSSR count). The molecule has 1 N–H and O–H groups in total. The van der Waals surface area contributed by atoms with E-state index in [4.69, 9.17) is 9.47 Å².